The molecule has 0 saturated heterocycles. The highest BCUT2D eigenvalue weighted by Gasteiger charge is 2.24. The summed E-state index contributed by atoms with van der Waals surface area (Å²) >= 11 is 0. The van der Waals surface area contributed by atoms with Crippen LogP contribution in [0.25, 0.3) is 10.9 Å². The van der Waals surface area contributed by atoms with Gasteiger partial charge >= 0.3 is 0 Å². The number of pyridine rings is 1. The Morgan fingerprint density at radius 1 is 1.42 bits per heavy atom. The van der Waals surface area contributed by atoms with Gasteiger partial charge in [0.15, 0.2) is 5.82 Å². The standard InChI is InChI=1S/C10H8F3N3O3/c1-14-3-6(16(18)19)8-9(14)5(11)2-15(10(8)17)4-7(12)13/h2-3,7H,4H2,1H3. The molecule has 0 bridgehead atoms. The lowest BCUT2D eigenvalue weighted by Gasteiger charge is -2.06. The molecule has 0 unspecified atom stereocenters. The summed E-state index contributed by atoms with van der Waals surface area (Å²) in [4.78, 5) is 21.8. The van der Waals surface area contributed by atoms with Gasteiger partial charge < -0.3 is 9.13 Å². The summed E-state index contributed by atoms with van der Waals surface area (Å²) in [5, 5.41) is 10.3. The lowest BCUT2D eigenvalue weighted by molar-refractivity contribution is -0.383. The normalized spacial score (nSPS) is 11.4. The van der Waals surface area contributed by atoms with Crippen LogP contribution < -0.4 is 5.56 Å². The number of nitrogens with zero attached hydrogens (tertiary/aromatic N) is 3. The predicted molar refractivity (Wildman–Crippen MR) is 59.8 cm³/mol. The quantitative estimate of drug-likeness (QED) is 0.631. The van der Waals surface area contributed by atoms with Gasteiger partial charge in [-0.15, -0.1) is 0 Å². The number of nitro groups is 1. The number of rotatable bonds is 3. The van der Waals surface area contributed by atoms with Crippen molar-refractivity contribution in [1.82, 2.24) is 9.13 Å². The van der Waals surface area contributed by atoms with Crippen LogP contribution >= 0.6 is 0 Å². The van der Waals surface area contributed by atoms with Gasteiger partial charge in [0.2, 0.25) is 0 Å². The highest BCUT2D eigenvalue weighted by atomic mass is 19.3. The van der Waals surface area contributed by atoms with Crippen LogP contribution in [0.4, 0.5) is 18.9 Å². The first-order valence-electron chi connectivity index (χ1n) is 5.13. The molecule has 0 N–H and O–H groups in total. The second-order valence-corrected chi connectivity index (χ2v) is 3.93. The second-order valence-electron chi connectivity index (χ2n) is 3.93. The molecule has 19 heavy (non-hydrogen) atoms. The Labute approximate surface area is 103 Å². The number of aryl methyl sites for hydroxylation is 1. The van der Waals surface area contributed by atoms with Gasteiger partial charge in [-0.25, -0.2) is 13.2 Å². The Morgan fingerprint density at radius 2 is 2.05 bits per heavy atom. The van der Waals surface area contributed by atoms with Crippen molar-refractivity contribution in [1.29, 1.82) is 0 Å². The first kappa shape index (κ1) is 13.1. The monoisotopic (exact) mass is 275 g/mol. The lowest BCUT2D eigenvalue weighted by atomic mass is 10.3. The van der Waals surface area contributed by atoms with Crippen molar-refractivity contribution in [2.75, 3.05) is 0 Å². The van der Waals surface area contributed by atoms with Crippen LogP contribution in [-0.2, 0) is 13.6 Å². The van der Waals surface area contributed by atoms with E-state index in [1.54, 1.807) is 0 Å². The van der Waals surface area contributed by atoms with Gasteiger partial charge in [-0.3, -0.25) is 14.9 Å². The Bertz CT molecular complexity index is 720. The number of hydrogen-bond acceptors (Lipinski definition) is 3. The van der Waals surface area contributed by atoms with E-state index in [4.69, 9.17) is 0 Å². The van der Waals surface area contributed by atoms with Crippen LogP contribution in [0.5, 0.6) is 0 Å². The molecule has 0 amide bonds. The van der Waals surface area contributed by atoms with Crippen molar-refractivity contribution in [3.8, 4) is 0 Å². The fraction of sp³-hybridized carbons (Fsp3) is 0.300. The van der Waals surface area contributed by atoms with E-state index in [0.29, 0.717) is 10.8 Å². The average Bonchev–Trinajstić information content (AvgIpc) is 2.63. The van der Waals surface area contributed by atoms with Gasteiger partial charge in [0, 0.05) is 13.2 Å². The molecule has 0 aliphatic carbocycles. The van der Waals surface area contributed by atoms with Gasteiger partial charge in [-0.2, -0.15) is 0 Å². The molecule has 0 atom stereocenters. The van der Waals surface area contributed by atoms with Crippen molar-refractivity contribution in [2.45, 2.75) is 13.0 Å². The molecule has 9 heteroatoms. The third-order valence-electron chi connectivity index (χ3n) is 2.66. The Kier molecular flexibility index (Phi) is 3.05. The molecule has 0 aliphatic heterocycles. The van der Waals surface area contributed by atoms with E-state index in [2.05, 4.69) is 0 Å². The smallest absolute Gasteiger partial charge is 0.300 e. The number of aromatic nitrogens is 2. The molecule has 2 rings (SSSR count). The molecule has 0 saturated carbocycles. The van der Waals surface area contributed by atoms with E-state index >= 15 is 0 Å². The highest BCUT2D eigenvalue weighted by molar-refractivity contribution is 5.89. The van der Waals surface area contributed by atoms with Crippen molar-refractivity contribution >= 4 is 16.6 Å². The molecular weight excluding hydrogens is 267 g/mol. The second kappa shape index (κ2) is 4.41. The van der Waals surface area contributed by atoms with Crippen molar-refractivity contribution < 1.29 is 18.1 Å². The van der Waals surface area contributed by atoms with Gasteiger partial charge in [-0.1, -0.05) is 0 Å². The van der Waals surface area contributed by atoms with Crippen LogP contribution in [0.3, 0.4) is 0 Å². The van der Waals surface area contributed by atoms with Crippen LogP contribution in [0.2, 0.25) is 0 Å². The fourth-order valence-electron chi connectivity index (χ4n) is 1.93. The molecule has 102 valence electrons. The van der Waals surface area contributed by atoms with Crippen molar-refractivity contribution in [3.05, 3.63) is 38.7 Å². The first-order chi connectivity index (χ1) is 8.82. The van der Waals surface area contributed by atoms with Gasteiger partial charge in [-0.05, 0) is 0 Å². The summed E-state index contributed by atoms with van der Waals surface area (Å²) < 4.78 is 39.8. The Morgan fingerprint density at radius 3 is 2.58 bits per heavy atom. The van der Waals surface area contributed by atoms with Crippen molar-refractivity contribution in [2.24, 2.45) is 7.05 Å². The lowest BCUT2D eigenvalue weighted by Crippen LogP contribution is -2.24. The molecule has 6 nitrogen and oxygen atoms in total. The first-order valence-corrected chi connectivity index (χ1v) is 5.13. The summed E-state index contributed by atoms with van der Waals surface area (Å²) in [6, 6.07) is 0. The summed E-state index contributed by atoms with van der Waals surface area (Å²) in [6.07, 6.45) is -1.26. The molecule has 0 aliphatic rings. The summed E-state index contributed by atoms with van der Waals surface area (Å²) in [7, 11) is 1.33. The van der Waals surface area contributed by atoms with Gasteiger partial charge in [0.05, 0.1) is 23.2 Å². The molecule has 0 radical (unpaired) electrons. The number of alkyl halides is 2. The zero-order valence-electron chi connectivity index (χ0n) is 9.64. The van der Waals surface area contributed by atoms with Gasteiger partial charge in [0.1, 0.15) is 5.39 Å². The minimum Gasteiger partial charge on any atom is -0.342 e. The minimum atomic E-state index is -2.86. The maximum atomic E-state index is 13.8. The molecule has 2 aromatic heterocycles. The van der Waals surface area contributed by atoms with Crippen LogP contribution in [0.1, 0.15) is 0 Å². The number of fused-ring (bicyclic) bond motifs is 1. The predicted octanol–water partition coefficient (Wildman–Crippen LogP) is 1.65. The number of hydrogen-bond donors (Lipinski definition) is 0. The third kappa shape index (κ3) is 2.07. The maximum absolute atomic E-state index is 13.8. The Hall–Kier alpha value is -2.32. The molecule has 2 heterocycles. The van der Waals surface area contributed by atoms with E-state index in [-0.39, 0.29) is 5.52 Å². The summed E-state index contributed by atoms with van der Waals surface area (Å²) in [5.74, 6) is -0.967. The zero-order valence-corrected chi connectivity index (χ0v) is 9.64. The maximum Gasteiger partial charge on any atom is 0.300 e. The zero-order chi connectivity index (χ0) is 14.3. The molecule has 0 fully saturated rings. The summed E-state index contributed by atoms with van der Waals surface area (Å²) in [6.45, 7) is -1.02. The van der Waals surface area contributed by atoms with E-state index in [9.17, 15) is 28.1 Å². The van der Waals surface area contributed by atoms with E-state index in [1.165, 1.54) is 7.05 Å². The Balaban J connectivity index is 2.86. The largest absolute Gasteiger partial charge is 0.342 e. The number of halogens is 3. The fourth-order valence-corrected chi connectivity index (χ4v) is 1.93. The van der Waals surface area contributed by atoms with E-state index < -0.39 is 40.3 Å². The molecular formula is C10H8F3N3O3. The van der Waals surface area contributed by atoms with Gasteiger partial charge in [0.25, 0.3) is 17.7 Å². The third-order valence-corrected chi connectivity index (χ3v) is 2.66. The van der Waals surface area contributed by atoms with Crippen LogP contribution in [0, 0.1) is 15.9 Å². The highest BCUT2D eigenvalue weighted by Crippen LogP contribution is 2.26. The van der Waals surface area contributed by atoms with Crippen LogP contribution in [-0.4, -0.2) is 20.5 Å². The van der Waals surface area contributed by atoms with E-state index in [1.807, 2.05) is 0 Å². The SMILES string of the molecule is Cn1cc([N+](=O)[O-])c2c(=O)n(CC(F)F)cc(F)c21. The van der Waals surface area contributed by atoms with Crippen LogP contribution in [0.15, 0.2) is 17.2 Å². The van der Waals surface area contributed by atoms with Crippen molar-refractivity contribution in [3.63, 3.8) is 0 Å². The minimum absolute atomic E-state index is 0.276. The van der Waals surface area contributed by atoms with E-state index in [0.717, 1.165) is 10.8 Å². The molecule has 0 aromatic carbocycles. The molecule has 2 aromatic rings. The average molecular weight is 275 g/mol. The molecule has 0 spiro atoms. The topological polar surface area (TPSA) is 70.1 Å². The summed E-state index contributed by atoms with van der Waals surface area (Å²) in [5.41, 5.74) is -1.89.